The number of hydrogen-bond acceptors (Lipinski definition) is 3. The number of hydrogen-bond donors (Lipinski definition) is 2. The molecule has 0 unspecified atom stereocenters. The zero-order chi connectivity index (χ0) is 13.1. The summed E-state index contributed by atoms with van der Waals surface area (Å²) in [5.74, 6) is 0. The zero-order valence-corrected chi connectivity index (χ0v) is 12.3. The molecule has 3 nitrogen and oxygen atoms in total. The van der Waals surface area contributed by atoms with Crippen molar-refractivity contribution < 1.29 is 0 Å². The molecule has 0 aromatic heterocycles. The average molecular weight is 253 g/mol. The van der Waals surface area contributed by atoms with Gasteiger partial charge in [-0.2, -0.15) is 0 Å². The highest BCUT2D eigenvalue weighted by Crippen LogP contribution is 2.50. The Bertz CT molecular complexity index is 246. The van der Waals surface area contributed by atoms with Crippen molar-refractivity contribution in [1.82, 2.24) is 10.2 Å². The normalized spacial score (nSPS) is 26.0. The van der Waals surface area contributed by atoms with E-state index in [4.69, 9.17) is 5.73 Å². The van der Waals surface area contributed by atoms with Crippen molar-refractivity contribution in [1.29, 1.82) is 0 Å². The smallest absolute Gasteiger partial charge is 0.0305 e. The molecule has 3 heteroatoms. The second-order valence-electron chi connectivity index (χ2n) is 6.92. The van der Waals surface area contributed by atoms with Gasteiger partial charge in [-0.3, -0.25) is 0 Å². The van der Waals surface area contributed by atoms with E-state index in [0.29, 0.717) is 5.41 Å². The Labute approximate surface area is 112 Å². The summed E-state index contributed by atoms with van der Waals surface area (Å²) in [4.78, 5) is 2.23. The van der Waals surface area contributed by atoms with Crippen molar-refractivity contribution in [3.05, 3.63) is 0 Å². The first-order valence-electron chi connectivity index (χ1n) is 7.70. The highest BCUT2D eigenvalue weighted by molar-refractivity contribution is 5.00. The van der Waals surface area contributed by atoms with Crippen molar-refractivity contribution in [3.8, 4) is 0 Å². The predicted molar refractivity (Wildman–Crippen MR) is 77.7 cm³/mol. The fraction of sp³-hybridized carbons (Fsp3) is 1.00. The molecule has 0 aliphatic heterocycles. The summed E-state index contributed by atoms with van der Waals surface area (Å²) < 4.78 is 0. The molecule has 106 valence electrons. The molecule has 2 aliphatic carbocycles. The van der Waals surface area contributed by atoms with Gasteiger partial charge in [-0.05, 0) is 58.0 Å². The van der Waals surface area contributed by atoms with Gasteiger partial charge in [-0.15, -0.1) is 0 Å². The molecular weight excluding hydrogens is 222 g/mol. The molecule has 0 saturated heterocycles. The first-order valence-corrected chi connectivity index (χ1v) is 7.70. The summed E-state index contributed by atoms with van der Waals surface area (Å²) in [6.07, 6.45) is 11.3. The second kappa shape index (κ2) is 5.89. The summed E-state index contributed by atoms with van der Waals surface area (Å²) in [5.41, 5.74) is 7.02. The topological polar surface area (TPSA) is 41.3 Å². The monoisotopic (exact) mass is 253 g/mol. The number of nitrogens with two attached hydrogens (primary N) is 1. The average Bonchev–Trinajstić information content (AvgIpc) is 2.81. The SMILES string of the molecule is CN(C)CCNC1(CN)CCC2(CCCC2)CC1. The molecule has 0 radical (unpaired) electrons. The first-order chi connectivity index (χ1) is 8.60. The standard InChI is InChI=1S/C15H31N3/c1-18(2)12-11-17-15(13-16)9-7-14(8-10-15)5-3-4-6-14/h17H,3-13,16H2,1-2H3. The van der Waals surface area contributed by atoms with Crippen LogP contribution in [0.2, 0.25) is 0 Å². The molecule has 2 aliphatic rings. The quantitative estimate of drug-likeness (QED) is 0.787. The van der Waals surface area contributed by atoms with E-state index in [-0.39, 0.29) is 5.54 Å². The van der Waals surface area contributed by atoms with Gasteiger partial charge in [0.15, 0.2) is 0 Å². The van der Waals surface area contributed by atoms with E-state index < -0.39 is 0 Å². The van der Waals surface area contributed by atoms with Gasteiger partial charge in [0, 0.05) is 25.2 Å². The van der Waals surface area contributed by atoms with Crippen LogP contribution < -0.4 is 11.1 Å². The summed E-state index contributed by atoms with van der Waals surface area (Å²) in [6, 6.07) is 0. The van der Waals surface area contributed by atoms with Crippen LogP contribution in [0.4, 0.5) is 0 Å². The van der Waals surface area contributed by atoms with Gasteiger partial charge in [-0.1, -0.05) is 12.8 Å². The number of nitrogens with zero attached hydrogens (tertiary/aromatic N) is 1. The van der Waals surface area contributed by atoms with Gasteiger partial charge in [0.1, 0.15) is 0 Å². The Kier molecular flexibility index (Phi) is 4.68. The maximum atomic E-state index is 6.07. The van der Waals surface area contributed by atoms with Gasteiger partial charge in [0.05, 0.1) is 0 Å². The van der Waals surface area contributed by atoms with E-state index in [1.165, 1.54) is 51.4 Å². The summed E-state index contributed by atoms with van der Waals surface area (Å²) in [7, 11) is 4.26. The van der Waals surface area contributed by atoms with Crippen LogP contribution in [0.15, 0.2) is 0 Å². The lowest BCUT2D eigenvalue weighted by molar-refractivity contribution is 0.113. The van der Waals surface area contributed by atoms with E-state index in [1.54, 1.807) is 0 Å². The minimum atomic E-state index is 0.240. The third-order valence-corrected chi connectivity index (χ3v) is 5.38. The van der Waals surface area contributed by atoms with Crippen molar-refractivity contribution in [3.63, 3.8) is 0 Å². The lowest BCUT2D eigenvalue weighted by atomic mass is 9.66. The van der Waals surface area contributed by atoms with Gasteiger partial charge in [0.25, 0.3) is 0 Å². The largest absolute Gasteiger partial charge is 0.329 e. The fourth-order valence-electron chi connectivity index (χ4n) is 3.88. The summed E-state index contributed by atoms with van der Waals surface area (Å²) >= 11 is 0. The molecule has 0 aromatic rings. The molecule has 2 rings (SSSR count). The van der Waals surface area contributed by atoms with E-state index in [1.807, 2.05) is 0 Å². The van der Waals surface area contributed by atoms with Gasteiger partial charge >= 0.3 is 0 Å². The van der Waals surface area contributed by atoms with Crippen molar-refractivity contribution in [2.75, 3.05) is 33.7 Å². The van der Waals surface area contributed by atoms with Crippen LogP contribution in [0.3, 0.4) is 0 Å². The zero-order valence-electron chi connectivity index (χ0n) is 12.3. The Balaban J connectivity index is 1.83. The fourth-order valence-corrected chi connectivity index (χ4v) is 3.88. The minimum absolute atomic E-state index is 0.240. The molecule has 0 heterocycles. The Hall–Kier alpha value is -0.120. The molecule has 3 N–H and O–H groups in total. The number of nitrogens with one attached hydrogen (secondary N) is 1. The van der Waals surface area contributed by atoms with Crippen molar-refractivity contribution in [2.24, 2.45) is 11.1 Å². The Morgan fingerprint density at radius 2 is 1.61 bits per heavy atom. The van der Waals surface area contributed by atoms with E-state index in [9.17, 15) is 0 Å². The molecule has 0 bridgehead atoms. The summed E-state index contributed by atoms with van der Waals surface area (Å²) in [6.45, 7) is 2.97. The lowest BCUT2D eigenvalue weighted by Gasteiger charge is -2.45. The molecule has 2 fully saturated rings. The van der Waals surface area contributed by atoms with Gasteiger partial charge in [-0.25, -0.2) is 0 Å². The predicted octanol–water partition coefficient (Wildman–Crippen LogP) is 1.97. The minimum Gasteiger partial charge on any atom is -0.329 e. The van der Waals surface area contributed by atoms with Crippen LogP contribution in [0.1, 0.15) is 51.4 Å². The lowest BCUT2D eigenvalue weighted by Crippen LogP contribution is -2.55. The van der Waals surface area contributed by atoms with Crippen LogP contribution in [0.5, 0.6) is 0 Å². The molecule has 1 spiro atoms. The summed E-state index contributed by atoms with van der Waals surface area (Å²) in [5, 5.41) is 3.76. The third-order valence-electron chi connectivity index (χ3n) is 5.38. The van der Waals surface area contributed by atoms with E-state index in [2.05, 4.69) is 24.3 Å². The molecule has 0 aromatic carbocycles. The maximum Gasteiger partial charge on any atom is 0.0305 e. The number of likely N-dealkylation sites (N-methyl/N-ethyl adjacent to an activating group) is 1. The van der Waals surface area contributed by atoms with Crippen LogP contribution in [-0.2, 0) is 0 Å². The highest BCUT2D eigenvalue weighted by Gasteiger charge is 2.42. The van der Waals surface area contributed by atoms with Crippen LogP contribution in [0, 0.1) is 5.41 Å². The molecule has 0 amide bonds. The van der Waals surface area contributed by atoms with E-state index in [0.717, 1.165) is 19.6 Å². The first kappa shape index (κ1) is 14.3. The van der Waals surface area contributed by atoms with Gasteiger partial charge < -0.3 is 16.0 Å². The molecule has 2 saturated carbocycles. The van der Waals surface area contributed by atoms with Crippen LogP contribution in [-0.4, -0.2) is 44.2 Å². The van der Waals surface area contributed by atoms with E-state index >= 15 is 0 Å². The molecule has 0 atom stereocenters. The van der Waals surface area contributed by atoms with Crippen LogP contribution >= 0.6 is 0 Å². The van der Waals surface area contributed by atoms with Crippen LogP contribution in [0.25, 0.3) is 0 Å². The van der Waals surface area contributed by atoms with Crippen molar-refractivity contribution >= 4 is 0 Å². The second-order valence-corrected chi connectivity index (χ2v) is 6.92. The maximum absolute atomic E-state index is 6.07. The molecule has 18 heavy (non-hydrogen) atoms. The Morgan fingerprint density at radius 3 is 2.11 bits per heavy atom. The molecular formula is C15H31N3. The number of rotatable bonds is 5. The van der Waals surface area contributed by atoms with Crippen molar-refractivity contribution in [2.45, 2.75) is 56.9 Å². The third kappa shape index (κ3) is 3.25. The Morgan fingerprint density at radius 1 is 1.00 bits per heavy atom. The highest BCUT2D eigenvalue weighted by atomic mass is 15.1. The van der Waals surface area contributed by atoms with Gasteiger partial charge in [0.2, 0.25) is 0 Å².